The number of aryl methyl sites for hydroxylation is 1. The molecule has 0 radical (unpaired) electrons. The van der Waals surface area contributed by atoms with E-state index in [1.54, 1.807) is 19.2 Å². The topological polar surface area (TPSA) is 38.1 Å². The van der Waals surface area contributed by atoms with Crippen molar-refractivity contribution in [2.75, 3.05) is 0 Å². The highest BCUT2D eigenvalue weighted by Crippen LogP contribution is 2.35. The van der Waals surface area contributed by atoms with Crippen molar-refractivity contribution >= 4 is 27.5 Å². The quantitative estimate of drug-likeness (QED) is 0.917. The molecule has 0 fully saturated rings. The summed E-state index contributed by atoms with van der Waals surface area (Å²) in [4.78, 5) is 4.21. The van der Waals surface area contributed by atoms with Gasteiger partial charge in [-0.3, -0.25) is 0 Å². The maximum atomic E-state index is 10.8. The van der Waals surface area contributed by atoms with Crippen LogP contribution in [0.25, 0.3) is 0 Å². The van der Waals surface area contributed by atoms with E-state index in [0.717, 1.165) is 10.3 Å². The monoisotopic (exact) mass is 328 g/mol. The molecule has 18 heavy (non-hydrogen) atoms. The highest BCUT2D eigenvalue weighted by Gasteiger charge is 2.31. The molecule has 1 heterocycles. The standard InChI is InChI=1S/C13H14BrClN2O/c1-8-16-7-12(17(8)3)13(2,18)10-5-4-9(14)6-11(10)15/h4-7,18H,1-3H3. The molecule has 0 aliphatic carbocycles. The van der Waals surface area contributed by atoms with Crippen LogP contribution in [0.5, 0.6) is 0 Å². The van der Waals surface area contributed by atoms with Crippen molar-refractivity contribution < 1.29 is 5.11 Å². The van der Waals surface area contributed by atoms with Gasteiger partial charge in [-0.05, 0) is 26.0 Å². The Morgan fingerprint density at radius 1 is 1.44 bits per heavy atom. The Morgan fingerprint density at radius 3 is 2.61 bits per heavy atom. The second kappa shape index (κ2) is 4.68. The summed E-state index contributed by atoms with van der Waals surface area (Å²) in [7, 11) is 1.87. The second-order valence-corrected chi connectivity index (χ2v) is 5.77. The summed E-state index contributed by atoms with van der Waals surface area (Å²) in [5.41, 5.74) is 0.202. The number of hydrogen-bond acceptors (Lipinski definition) is 2. The predicted molar refractivity (Wildman–Crippen MR) is 75.8 cm³/mol. The first-order valence-corrected chi connectivity index (χ1v) is 6.68. The number of rotatable bonds is 2. The lowest BCUT2D eigenvalue weighted by atomic mass is 9.93. The van der Waals surface area contributed by atoms with Gasteiger partial charge in [-0.15, -0.1) is 0 Å². The van der Waals surface area contributed by atoms with Gasteiger partial charge in [0.1, 0.15) is 11.4 Å². The zero-order chi connectivity index (χ0) is 13.5. The van der Waals surface area contributed by atoms with Crippen molar-refractivity contribution in [3.8, 4) is 0 Å². The number of halogens is 2. The third-order valence-electron chi connectivity index (χ3n) is 3.17. The Balaban J connectivity index is 2.57. The van der Waals surface area contributed by atoms with E-state index >= 15 is 0 Å². The molecule has 0 amide bonds. The summed E-state index contributed by atoms with van der Waals surface area (Å²) >= 11 is 9.56. The smallest absolute Gasteiger partial charge is 0.130 e. The molecule has 1 aromatic heterocycles. The third kappa shape index (κ3) is 2.20. The van der Waals surface area contributed by atoms with Crippen molar-refractivity contribution in [1.29, 1.82) is 0 Å². The predicted octanol–water partition coefficient (Wildman–Crippen LogP) is 3.40. The van der Waals surface area contributed by atoms with Gasteiger partial charge < -0.3 is 9.67 Å². The van der Waals surface area contributed by atoms with E-state index in [9.17, 15) is 5.11 Å². The van der Waals surface area contributed by atoms with E-state index in [1.807, 2.05) is 30.7 Å². The molecule has 0 aliphatic heterocycles. The molecule has 1 unspecified atom stereocenters. The molecule has 0 spiro atoms. The molecule has 0 aliphatic rings. The van der Waals surface area contributed by atoms with Crippen molar-refractivity contribution in [3.63, 3.8) is 0 Å². The van der Waals surface area contributed by atoms with Crippen molar-refractivity contribution in [3.05, 3.63) is 51.0 Å². The van der Waals surface area contributed by atoms with E-state index < -0.39 is 5.60 Å². The molecule has 1 atom stereocenters. The minimum Gasteiger partial charge on any atom is -0.379 e. The molecule has 5 heteroatoms. The minimum absolute atomic E-state index is 0.522. The van der Waals surface area contributed by atoms with E-state index in [4.69, 9.17) is 11.6 Å². The lowest BCUT2D eigenvalue weighted by molar-refractivity contribution is 0.0940. The number of benzene rings is 1. The Labute approximate surface area is 120 Å². The number of aliphatic hydroxyl groups is 1. The van der Waals surface area contributed by atoms with Gasteiger partial charge in [-0.2, -0.15) is 0 Å². The third-order valence-corrected chi connectivity index (χ3v) is 3.98. The zero-order valence-corrected chi connectivity index (χ0v) is 12.7. The van der Waals surface area contributed by atoms with Gasteiger partial charge >= 0.3 is 0 Å². The normalized spacial score (nSPS) is 14.6. The molecular weight excluding hydrogens is 316 g/mol. The number of nitrogens with zero attached hydrogens (tertiary/aromatic N) is 2. The average molecular weight is 330 g/mol. The summed E-state index contributed by atoms with van der Waals surface area (Å²) in [5, 5.41) is 11.3. The van der Waals surface area contributed by atoms with Crippen LogP contribution >= 0.6 is 27.5 Å². The van der Waals surface area contributed by atoms with Gasteiger partial charge in [-0.1, -0.05) is 33.6 Å². The van der Waals surface area contributed by atoms with Gasteiger partial charge in [-0.25, -0.2) is 4.98 Å². The maximum absolute atomic E-state index is 10.8. The van der Waals surface area contributed by atoms with Gasteiger partial charge in [0.2, 0.25) is 0 Å². The van der Waals surface area contributed by atoms with Crippen LogP contribution in [0.3, 0.4) is 0 Å². The van der Waals surface area contributed by atoms with E-state index in [-0.39, 0.29) is 0 Å². The Bertz CT molecular complexity index is 593. The highest BCUT2D eigenvalue weighted by atomic mass is 79.9. The van der Waals surface area contributed by atoms with Crippen LogP contribution in [0, 0.1) is 6.92 Å². The molecular formula is C13H14BrClN2O. The largest absolute Gasteiger partial charge is 0.379 e. The van der Waals surface area contributed by atoms with Crippen LogP contribution in [0.4, 0.5) is 0 Å². The molecule has 1 aromatic carbocycles. The first-order valence-electron chi connectivity index (χ1n) is 5.50. The number of aromatic nitrogens is 2. The molecule has 0 saturated carbocycles. The van der Waals surface area contributed by atoms with E-state index in [0.29, 0.717) is 16.3 Å². The van der Waals surface area contributed by atoms with Gasteiger partial charge in [0.05, 0.1) is 11.9 Å². The van der Waals surface area contributed by atoms with Crippen molar-refractivity contribution in [1.82, 2.24) is 9.55 Å². The van der Waals surface area contributed by atoms with Crippen LogP contribution < -0.4 is 0 Å². The first kappa shape index (κ1) is 13.6. The summed E-state index contributed by atoms with van der Waals surface area (Å²) in [6.07, 6.45) is 1.67. The summed E-state index contributed by atoms with van der Waals surface area (Å²) < 4.78 is 2.74. The van der Waals surface area contributed by atoms with Crippen molar-refractivity contribution in [2.45, 2.75) is 19.4 Å². The maximum Gasteiger partial charge on any atom is 0.130 e. The molecule has 2 rings (SSSR count). The fourth-order valence-corrected chi connectivity index (χ4v) is 2.83. The van der Waals surface area contributed by atoms with Crippen LogP contribution in [-0.2, 0) is 12.6 Å². The summed E-state index contributed by atoms with van der Waals surface area (Å²) in [5.74, 6) is 0.846. The minimum atomic E-state index is -1.17. The Morgan fingerprint density at radius 2 is 2.11 bits per heavy atom. The Kier molecular flexibility index (Phi) is 3.54. The molecule has 0 bridgehead atoms. The fraction of sp³-hybridized carbons (Fsp3) is 0.308. The molecule has 2 aromatic rings. The summed E-state index contributed by atoms with van der Waals surface area (Å²) in [6.45, 7) is 3.61. The molecule has 96 valence electrons. The van der Waals surface area contributed by atoms with Crippen LogP contribution in [0.1, 0.15) is 24.0 Å². The van der Waals surface area contributed by atoms with Gasteiger partial charge in [0.15, 0.2) is 0 Å². The number of hydrogen-bond donors (Lipinski definition) is 1. The molecule has 3 nitrogen and oxygen atoms in total. The second-order valence-electron chi connectivity index (χ2n) is 4.45. The lowest BCUT2D eigenvalue weighted by Crippen LogP contribution is -2.26. The van der Waals surface area contributed by atoms with E-state index in [2.05, 4.69) is 20.9 Å². The fourth-order valence-electron chi connectivity index (χ4n) is 1.98. The van der Waals surface area contributed by atoms with E-state index in [1.165, 1.54) is 0 Å². The summed E-state index contributed by atoms with van der Waals surface area (Å²) in [6, 6.07) is 5.45. The highest BCUT2D eigenvalue weighted by molar-refractivity contribution is 9.10. The number of imidazole rings is 1. The molecule has 1 N–H and O–H groups in total. The van der Waals surface area contributed by atoms with Crippen LogP contribution in [-0.4, -0.2) is 14.7 Å². The molecule has 0 saturated heterocycles. The van der Waals surface area contributed by atoms with Gasteiger partial charge in [0.25, 0.3) is 0 Å². The van der Waals surface area contributed by atoms with Crippen LogP contribution in [0.2, 0.25) is 5.02 Å². The Hall–Kier alpha value is -0.840. The lowest BCUT2D eigenvalue weighted by Gasteiger charge is -2.25. The van der Waals surface area contributed by atoms with Gasteiger partial charge in [0, 0.05) is 22.1 Å². The zero-order valence-electron chi connectivity index (χ0n) is 10.4. The first-order chi connectivity index (χ1) is 8.34. The SMILES string of the molecule is Cc1ncc(C(C)(O)c2ccc(Br)cc2Cl)n1C. The average Bonchev–Trinajstić information content (AvgIpc) is 2.59. The van der Waals surface area contributed by atoms with Crippen molar-refractivity contribution in [2.24, 2.45) is 7.05 Å². The van der Waals surface area contributed by atoms with Crippen LogP contribution in [0.15, 0.2) is 28.9 Å².